The van der Waals surface area contributed by atoms with Crippen LogP contribution in [0.25, 0.3) is 22.7 Å². The number of aromatic amines is 2. The van der Waals surface area contributed by atoms with Crippen LogP contribution >= 0.6 is 0 Å². The van der Waals surface area contributed by atoms with E-state index in [1.54, 1.807) is 19.2 Å². The van der Waals surface area contributed by atoms with Crippen LogP contribution in [0.15, 0.2) is 23.1 Å². The second-order valence-corrected chi connectivity index (χ2v) is 8.18. The molecular weight excluding hydrogens is 426 g/mol. The highest BCUT2D eigenvalue weighted by molar-refractivity contribution is 5.99. The molecule has 168 valence electrons. The molecule has 4 aromatic heterocycles. The summed E-state index contributed by atoms with van der Waals surface area (Å²) in [4.78, 5) is 47.9. The molecule has 5 rings (SSSR count). The van der Waals surface area contributed by atoms with Gasteiger partial charge in [0.2, 0.25) is 11.7 Å². The molecule has 0 spiro atoms. The first-order valence-electron chi connectivity index (χ1n) is 10.6. The van der Waals surface area contributed by atoms with Crippen molar-refractivity contribution in [1.29, 1.82) is 0 Å². The second kappa shape index (κ2) is 8.04. The summed E-state index contributed by atoms with van der Waals surface area (Å²) in [7, 11) is 0. The first-order valence-corrected chi connectivity index (χ1v) is 10.6. The Kier molecular flexibility index (Phi) is 5.04. The van der Waals surface area contributed by atoms with Gasteiger partial charge in [-0.2, -0.15) is 0 Å². The zero-order chi connectivity index (χ0) is 23.1. The summed E-state index contributed by atoms with van der Waals surface area (Å²) in [6, 6.07) is 1.26. The largest absolute Gasteiger partial charge is 0.358 e. The minimum atomic E-state index is -0.473. The van der Waals surface area contributed by atoms with Crippen LogP contribution < -0.4 is 15.6 Å². The normalized spacial score (nSPS) is 14.2. The summed E-state index contributed by atoms with van der Waals surface area (Å²) in [6.07, 6.45) is 3.68. The van der Waals surface area contributed by atoms with Crippen molar-refractivity contribution in [1.82, 2.24) is 35.4 Å². The van der Waals surface area contributed by atoms with Crippen LogP contribution in [0, 0.1) is 0 Å². The van der Waals surface area contributed by atoms with Crippen molar-refractivity contribution in [3.8, 4) is 11.5 Å². The highest BCUT2D eigenvalue weighted by atomic mass is 16.5. The van der Waals surface area contributed by atoms with Gasteiger partial charge in [-0.15, -0.1) is 0 Å². The van der Waals surface area contributed by atoms with Crippen LogP contribution in [0.4, 0.5) is 5.82 Å². The van der Waals surface area contributed by atoms with Gasteiger partial charge in [0.1, 0.15) is 17.8 Å². The molecule has 33 heavy (non-hydrogen) atoms. The van der Waals surface area contributed by atoms with Crippen LogP contribution in [0.1, 0.15) is 66.8 Å². The van der Waals surface area contributed by atoms with E-state index in [1.807, 2.05) is 13.8 Å². The topological polar surface area (TPSA) is 166 Å². The highest BCUT2D eigenvalue weighted by Gasteiger charge is 2.26. The summed E-state index contributed by atoms with van der Waals surface area (Å²) in [6.45, 7) is 5.84. The number of hydrogen-bond acceptors (Lipinski definition) is 8. The highest BCUT2D eigenvalue weighted by Crippen LogP contribution is 2.24. The molecule has 0 radical (unpaired) electrons. The first-order chi connectivity index (χ1) is 15.9. The maximum atomic E-state index is 12.9. The van der Waals surface area contributed by atoms with Crippen LogP contribution in [0.5, 0.6) is 0 Å². The fourth-order valence-electron chi connectivity index (χ4n) is 3.61. The number of carbonyl (C=O) groups excluding carboxylic acids is 2. The molecule has 0 aromatic carbocycles. The number of hydrogen-bond donors (Lipinski definition) is 3. The van der Waals surface area contributed by atoms with Crippen LogP contribution in [0.2, 0.25) is 0 Å². The summed E-state index contributed by atoms with van der Waals surface area (Å²) in [5.41, 5.74) is 2.82. The minimum absolute atomic E-state index is 0.129. The molecule has 0 saturated carbocycles. The molecule has 2 amide bonds. The van der Waals surface area contributed by atoms with Gasteiger partial charge in [0.15, 0.2) is 17.0 Å². The molecule has 4 N–H and O–H groups in total. The SMILES string of the molecule is CC(C)c1ncc2[nH]c(-c3cc([C@@H](C)NC(=O)c4ncnc5c4CCC(=O)N5)on3)[nH+]c2n1. The van der Waals surface area contributed by atoms with E-state index in [-0.39, 0.29) is 29.8 Å². The van der Waals surface area contributed by atoms with E-state index in [2.05, 4.69) is 45.7 Å². The minimum Gasteiger partial charge on any atom is -0.358 e. The number of imidazole rings is 1. The Balaban J connectivity index is 1.34. The zero-order valence-corrected chi connectivity index (χ0v) is 18.3. The Bertz CT molecular complexity index is 1370. The molecule has 1 atom stereocenters. The lowest BCUT2D eigenvalue weighted by atomic mass is 10.0. The van der Waals surface area contributed by atoms with Crippen molar-refractivity contribution in [3.05, 3.63) is 41.4 Å². The van der Waals surface area contributed by atoms with E-state index in [9.17, 15) is 9.59 Å². The number of carbonyl (C=O) groups is 2. The summed E-state index contributed by atoms with van der Waals surface area (Å²) < 4.78 is 5.47. The average molecular weight is 448 g/mol. The van der Waals surface area contributed by atoms with Crippen molar-refractivity contribution >= 4 is 28.8 Å². The summed E-state index contributed by atoms with van der Waals surface area (Å²) in [5, 5.41) is 9.64. The van der Waals surface area contributed by atoms with Gasteiger partial charge >= 0.3 is 5.65 Å². The van der Waals surface area contributed by atoms with E-state index in [1.165, 1.54) is 6.33 Å². The number of H-pyrrole nitrogens is 2. The van der Waals surface area contributed by atoms with Crippen molar-refractivity contribution in [3.63, 3.8) is 0 Å². The van der Waals surface area contributed by atoms with Crippen molar-refractivity contribution in [2.24, 2.45) is 0 Å². The van der Waals surface area contributed by atoms with Gasteiger partial charge in [0.25, 0.3) is 11.7 Å². The fourth-order valence-corrected chi connectivity index (χ4v) is 3.61. The Labute approximate surface area is 187 Å². The number of nitrogens with zero attached hydrogens (tertiary/aromatic N) is 5. The summed E-state index contributed by atoms with van der Waals surface area (Å²) >= 11 is 0. The fraction of sp³-hybridized carbons (Fsp3) is 0.333. The molecule has 1 aliphatic heterocycles. The monoisotopic (exact) mass is 448 g/mol. The van der Waals surface area contributed by atoms with E-state index in [0.717, 1.165) is 11.3 Å². The molecule has 4 aromatic rings. The van der Waals surface area contributed by atoms with Crippen molar-refractivity contribution in [2.45, 2.75) is 45.6 Å². The van der Waals surface area contributed by atoms with E-state index >= 15 is 0 Å². The molecule has 12 heteroatoms. The predicted molar refractivity (Wildman–Crippen MR) is 115 cm³/mol. The van der Waals surface area contributed by atoms with Crippen molar-refractivity contribution < 1.29 is 19.1 Å². The zero-order valence-electron chi connectivity index (χ0n) is 18.3. The third-order valence-corrected chi connectivity index (χ3v) is 5.41. The number of fused-ring (bicyclic) bond motifs is 2. The van der Waals surface area contributed by atoms with Gasteiger partial charge in [0, 0.05) is 24.0 Å². The van der Waals surface area contributed by atoms with Gasteiger partial charge < -0.3 is 15.2 Å². The number of rotatable bonds is 5. The molecule has 12 nitrogen and oxygen atoms in total. The van der Waals surface area contributed by atoms with Gasteiger partial charge in [0.05, 0.1) is 12.2 Å². The number of nitrogens with one attached hydrogen (secondary N) is 4. The first kappa shape index (κ1) is 20.7. The van der Waals surface area contributed by atoms with Crippen LogP contribution in [-0.2, 0) is 11.2 Å². The predicted octanol–water partition coefficient (Wildman–Crippen LogP) is 1.72. The molecule has 0 bridgehead atoms. The quantitative estimate of drug-likeness (QED) is 0.415. The lowest BCUT2D eigenvalue weighted by Gasteiger charge is -2.18. The van der Waals surface area contributed by atoms with E-state index in [4.69, 9.17) is 4.52 Å². The van der Waals surface area contributed by atoms with Crippen molar-refractivity contribution in [2.75, 3.05) is 5.32 Å². The lowest BCUT2D eigenvalue weighted by molar-refractivity contribution is -0.333. The van der Waals surface area contributed by atoms with Gasteiger partial charge in [-0.25, -0.2) is 19.9 Å². The third-order valence-electron chi connectivity index (χ3n) is 5.41. The molecule has 0 saturated heterocycles. The standard InChI is InChI=1S/C21H21N9O3/c1-9(2)17-22-7-13-20(28-17)29-19(26-13)12-6-14(33-30-12)10(3)25-21(32)16-11-4-5-15(31)27-18(11)24-8-23-16/h6-10H,4-5H2,1-3H3,(H,25,32)(H,22,26,28,29)(H,23,24,27,31)/p+1/t10-/m1/s1. The Morgan fingerprint density at radius 2 is 2.06 bits per heavy atom. The average Bonchev–Trinajstić information content (AvgIpc) is 3.45. The van der Waals surface area contributed by atoms with Gasteiger partial charge in [-0.05, 0) is 13.3 Å². The van der Waals surface area contributed by atoms with E-state index < -0.39 is 6.04 Å². The lowest BCUT2D eigenvalue weighted by Crippen LogP contribution is -2.30. The second-order valence-electron chi connectivity index (χ2n) is 8.18. The van der Waals surface area contributed by atoms with Gasteiger partial charge in [-0.1, -0.05) is 24.0 Å². The Morgan fingerprint density at radius 3 is 2.88 bits per heavy atom. The molecule has 1 aliphatic rings. The maximum absolute atomic E-state index is 12.9. The molecular formula is C21H22N9O3+. The Morgan fingerprint density at radius 1 is 1.21 bits per heavy atom. The van der Waals surface area contributed by atoms with Gasteiger partial charge in [-0.3, -0.25) is 14.6 Å². The molecule has 0 aliphatic carbocycles. The summed E-state index contributed by atoms with van der Waals surface area (Å²) in [5.74, 6) is 1.90. The molecule has 5 heterocycles. The van der Waals surface area contributed by atoms with Crippen LogP contribution in [0.3, 0.4) is 0 Å². The Hall–Kier alpha value is -4.22. The number of amides is 2. The molecule has 0 unspecified atom stereocenters. The third kappa shape index (κ3) is 3.90. The van der Waals surface area contributed by atoms with E-state index in [0.29, 0.717) is 40.7 Å². The smallest absolute Gasteiger partial charge is 0.303 e. The molecule has 0 fully saturated rings. The number of anilines is 1. The number of aromatic nitrogens is 7. The van der Waals surface area contributed by atoms with Crippen LogP contribution in [-0.4, -0.2) is 41.9 Å². The maximum Gasteiger partial charge on any atom is 0.303 e.